The molecule has 0 unspecified atom stereocenters. The van der Waals surface area contributed by atoms with Gasteiger partial charge in [0.15, 0.2) is 0 Å². The van der Waals surface area contributed by atoms with Crippen LogP contribution >= 0.6 is 23.2 Å². The number of imide groups is 1. The van der Waals surface area contributed by atoms with Crippen molar-refractivity contribution in [1.29, 1.82) is 0 Å². The van der Waals surface area contributed by atoms with Crippen LogP contribution in [-0.2, 0) is 43.2 Å². The Labute approximate surface area is 281 Å². The first-order valence-corrected chi connectivity index (χ1v) is 15.6. The minimum Gasteiger partial charge on any atom is -0.394 e. The molecule has 246 valence electrons. The molecule has 0 spiro atoms. The van der Waals surface area contributed by atoms with Gasteiger partial charge in [0.05, 0.1) is 12.6 Å². The first-order valence-electron chi connectivity index (χ1n) is 14.8. The number of amides is 4. The molecule has 0 saturated carbocycles. The van der Waals surface area contributed by atoms with Gasteiger partial charge in [0.2, 0.25) is 23.6 Å². The number of H-pyrrole nitrogens is 1. The standard InChI is InChI=1S/C34H35Cl2N5O6/c1-20(44)41(34(47)28(37)14-21-6-10-24(35)11-7-21)31(15-22-8-12-25(36)13-9-22)33(46)40-30(32(45)39-26(18-42)19-43)16-23-17-38-29-5-3-2-4-27(23)29/h2-13,17-18,26,28,30-31,38,43H,14-16,19,37H2,1H3,(H,39,45)(H,40,46)/t26-,28+,30-,31+/m1/s1. The Balaban J connectivity index is 1.68. The Kier molecular flexibility index (Phi) is 12.3. The molecule has 4 rings (SSSR count). The minimum atomic E-state index is -1.42. The first kappa shape index (κ1) is 35.3. The van der Waals surface area contributed by atoms with E-state index in [0.29, 0.717) is 33.0 Å². The third kappa shape index (κ3) is 9.26. The molecule has 11 nitrogen and oxygen atoms in total. The molecule has 4 amide bonds. The lowest BCUT2D eigenvalue weighted by Gasteiger charge is -2.32. The number of nitrogens with two attached hydrogens (primary N) is 1. The molecular formula is C34H35Cl2N5O6. The summed E-state index contributed by atoms with van der Waals surface area (Å²) in [6, 6.07) is 15.5. The van der Waals surface area contributed by atoms with E-state index in [4.69, 9.17) is 28.9 Å². The van der Waals surface area contributed by atoms with Crippen LogP contribution in [0.2, 0.25) is 10.0 Å². The lowest BCUT2D eigenvalue weighted by molar-refractivity contribution is -0.152. The highest BCUT2D eigenvalue weighted by molar-refractivity contribution is 6.30. The monoisotopic (exact) mass is 679 g/mol. The van der Waals surface area contributed by atoms with Gasteiger partial charge in [0, 0.05) is 46.9 Å². The number of fused-ring (bicyclic) bond motifs is 1. The fourth-order valence-electron chi connectivity index (χ4n) is 5.22. The molecule has 1 heterocycles. The zero-order chi connectivity index (χ0) is 34.1. The number of nitrogens with zero attached hydrogens (tertiary/aromatic N) is 1. The molecule has 0 radical (unpaired) electrons. The number of hydrogen-bond acceptors (Lipinski definition) is 7. The Morgan fingerprint density at radius 3 is 2.04 bits per heavy atom. The van der Waals surface area contributed by atoms with Gasteiger partial charge in [-0.05, 0) is 53.4 Å². The summed E-state index contributed by atoms with van der Waals surface area (Å²) in [6.07, 6.45) is 2.01. The second kappa shape index (κ2) is 16.3. The summed E-state index contributed by atoms with van der Waals surface area (Å²) >= 11 is 12.1. The maximum absolute atomic E-state index is 14.2. The number of aromatic amines is 1. The van der Waals surface area contributed by atoms with Crippen molar-refractivity contribution in [2.24, 2.45) is 5.73 Å². The molecule has 0 fully saturated rings. The van der Waals surface area contributed by atoms with Gasteiger partial charge in [-0.3, -0.25) is 24.1 Å². The van der Waals surface area contributed by atoms with Crippen molar-refractivity contribution in [1.82, 2.24) is 20.5 Å². The minimum absolute atomic E-state index is 0.0175. The Morgan fingerprint density at radius 2 is 1.47 bits per heavy atom. The molecule has 1 aromatic heterocycles. The molecule has 0 aliphatic rings. The molecule has 0 aliphatic carbocycles. The van der Waals surface area contributed by atoms with Gasteiger partial charge in [-0.1, -0.05) is 65.7 Å². The topological polar surface area (TPSA) is 175 Å². The van der Waals surface area contributed by atoms with Crippen LogP contribution in [0.3, 0.4) is 0 Å². The van der Waals surface area contributed by atoms with Crippen molar-refractivity contribution in [3.05, 3.63) is 106 Å². The fraction of sp³-hybridized carbons (Fsp3) is 0.265. The molecule has 0 bridgehead atoms. The quantitative estimate of drug-likeness (QED) is 0.127. The maximum Gasteiger partial charge on any atom is 0.247 e. The Bertz CT molecular complexity index is 1730. The highest BCUT2D eigenvalue weighted by Gasteiger charge is 2.37. The predicted molar refractivity (Wildman–Crippen MR) is 179 cm³/mol. The number of rotatable bonds is 14. The van der Waals surface area contributed by atoms with Gasteiger partial charge in [-0.2, -0.15) is 0 Å². The van der Waals surface area contributed by atoms with Crippen molar-refractivity contribution < 1.29 is 29.1 Å². The average Bonchev–Trinajstić information content (AvgIpc) is 3.47. The normalized spacial score (nSPS) is 13.6. The Morgan fingerprint density at radius 1 is 0.872 bits per heavy atom. The van der Waals surface area contributed by atoms with Crippen LogP contribution in [0.5, 0.6) is 0 Å². The van der Waals surface area contributed by atoms with Crippen LogP contribution < -0.4 is 16.4 Å². The number of hydrogen-bond donors (Lipinski definition) is 5. The van der Waals surface area contributed by atoms with Crippen LogP contribution in [0, 0.1) is 0 Å². The van der Waals surface area contributed by atoms with Gasteiger partial charge in [-0.15, -0.1) is 0 Å². The van der Waals surface area contributed by atoms with Gasteiger partial charge in [0.1, 0.15) is 24.4 Å². The van der Waals surface area contributed by atoms with Crippen molar-refractivity contribution in [2.45, 2.75) is 50.4 Å². The SMILES string of the molecule is CC(=O)N(C(=O)[C@@H](N)Cc1ccc(Cl)cc1)[C@@H](Cc1ccc(Cl)cc1)C(=O)N[C@H](Cc1c[nH]c2ccccc12)C(=O)N[C@H](C=O)CO. The fourth-order valence-corrected chi connectivity index (χ4v) is 5.47. The highest BCUT2D eigenvalue weighted by Crippen LogP contribution is 2.21. The van der Waals surface area contributed by atoms with E-state index in [1.807, 2.05) is 24.3 Å². The van der Waals surface area contributed by atoms with E-state index in [2.05, 4.69) is 15.6 Å². The number of aromatic nitrogens is 1. The molecule has 0 aliphatic heterocycles. The van der Waals surface area contributed by atoms with Gasteiger partial charge < -0.3 is 31.3 Å². The number of carbonyl (C=O) groups is 5. The number of aliphatic hydroxyl groups excluding tert-OH is 1. The summed E-state index contributed by atoms with van der Waals surface area (Å²) in [5.74, 6) is -3.08. The molecule has 4 atom stereocenters. The molecular weight excluding hydrogens is 645 g/mol. The number of aliphatic hydroxyl groups is 1. The number of para-hydroxylation sites is 1. The maximum atomic E-state index is 14.2. The second-order valence-electron chi connectivity index (χ2n) is 11.1. The van der Waals surface area contributed by atoms with E-state index in [0.717, 1.165) is 22.7 Å². The number of nitrogens with one attached hydrogen (secondary N) is 3. The summed E-state index contributed by atoms with van der Waals surface area (Å²) in [6.45, 7) is 0.501. The molecule has 6 N–H and O–H groups in total. The van der Waals surface area contributed by atoms with Crippen molar-refractivity contribution in [3.8, 4) is 0 Å². The third-order valence-corrected chi connectivity index (χ3v) is 8.14. The average molecular weight is 681 g/mol. The summed E-state index contributed by atoms with van der Waals surface area (Å²) in [5, 5.41) is 16.4. The van der Waals surface area contributed by atoms with Gasteiger partial charge in [0.25, 0.3) is 0 Å². The van der Waals surface area contributed by atoms with Crippen molar-refractivity contribution in [3.63, 3.8) is 0 Å². The van der Waals surface area contributed by atoms with E-state index in [-0.39, 0.29) is 19.3 Å². The van der Waals surface area contributed by atoms with Crippen molar-refractivity contribution in [2.75, 3.05) is 6.61 Å². The van der Waals surface area contributed by atoms with Crippen LogP contribution in [-0.4, -0.2) is 75.7 Å². The smallest absolute Gasteiger partial charge is 0.247 e. The zero-order valence-corrected chi connectivity index (χ0v) is 27.0. The van der Waals surface area contributed by atoms with E-state index < -0.39 is 54.4 Å². The van der Waals surface area contributed by atoms with Crippen LogP contribution in [0.1, 0.15) is 23.6 Å². The highest BCUT2D eigenvalue weighted by atomic mass is 35.5. The lowest BCUT2D eigenvalue weighted by atomic mass is 9.99. The van der Waals surface area contributed by atoms with E-state index in [1.54, 1.807) is 54.7 Å². The lowest BCUT2D eigenvalue weighted by Crippen LogP contribution is -2.60. The predicted octanol–water partition coefficient (Wildman–Crippen LogP) is 2.73. The molecule has 47 heavy (non-hydrogen) atoms. The van der Waals surface area contributed by atoms with E-state index >= 15 is 0 Å². The van der Waals surface area contributed by atoms with Crippen molar-refractivity contribution >= 4 is 64.0 Å². The number of carbonyl (C=O) groups excluding carboxylic acids is 5. The number of benzene rings is 3. The second-order valence-corrected chi connectivity index (χ2v) is 11.9. The largest absolute Gasteiger partial charge is 0.394 e. The number of halogens is 2. The van der Waals surface area contributed by atoms with Gasteiger partial charge in [-0.25, -0.2) is 0 Å². The molecule has 13 heteroatoms. The Hall–Kier alpha value is -4.55. The summed E-state index contributed by atoms with van der Waals surface area (Å²) < 4.78 is 0. The summed E-state index contributed by atoms with van der Waals surface area (Å²) in [4.78, 5) is 69.9. The third-order valence-electron chi connectivity index (χ3n) is 7.64. The zero-order valence-electron chi connectivity index (χ0n) is 25.5. The first-order chi connectivity index (χ1) is 22.5. The molecule has 0 saturated heterocycles. The molecule has 3 aromatic carbocycles. The van der Waals surface area contributed by atoms with E-state index in [9.17, 15) is 29.1 Å². The van der Waals surface area contributed by atoms with Crippen LogP contribution in [0.4, 0.5) is 0 Å². The summed E-state index contributed by atoms with van der Waals surface area (Å²) in [5.41, 5.74) is 9.07. The van der Waals surface area contributed by atoms with Gasteiger partial charge >= 0.3 is 0 Å². The summed E-state index contributed by atoms with van der Waals surface area (Å²) in [7, 11) is 0. The van der Waals surface area contributed by atoms with Crippen LogP contribution in [0.25, 0.3) is 10.9 Å². The number of aldehydes is 1. The molecule has 4 aromatic rings. The van der Waals surface area contributed by atoms with Crippen LogP contribution in [0.15, 0.2) is 79.0 Å². The van der Waals surface area contributed by atoms with E-state index in [1.165, 1.54) is 0 Å².